The Morgan fingerprint density at radius 2 is 1.72 bits per heavy atom. The minimum Gasteiger partial charge on any atom is -0.454 e. The van der Waals surface area contributed by atoms with E-state index in [2.05, 4.69) is 10.6 Å². The van der Waals surface area contributed by atoms with E-state index in [0.29, 0.717) is 10.7 Å². The van der Waals surface area contributed by atoms with Crippen LogP contribution in [0.1, 0.15) is 29.8 Å². The minimum atomic E-state index is -0.936. The number of carbonyl (C=O) groups is 3. The molecule has 6 nitrogen and oxygen atoms in total. The zero-order valence-electron chi connectivity index (χ0n) is 16.3. The maximum Gasteiger partial charge on any atom is 0.329 e. The first-order valence-electron chi connectivity index (χ1n) is 8.97. The fourth-order valence-electron chi connectivity index (χ4n) is 2.50. The van der Waals surface area contributed by atoms with Gasteiger partial charge in [0.25, 0.3) is 11.8 Å². The predicted octanol–water partition coefficient (Wildman–Crippen LogP) is 4.24. The van der Waals surface area contributed by atoms with E-state index in [1.54, 1.807) is 56.3 Å². The maximum absolute atomic E-state index is 12.4. The average molecular weight is 437 g/mol. The molecule has 2 aromatic rings. The molecule has 0 saturated carbocycles. The molecular weight excluding hydrogens is 415 g/mol. The van der Waals surface area contributed by atoms with Crippen LogP contribution in [0.25, 0.3) is 0 Å². The first-order chi connectivity index (χ1) is 13.7. The van der Waals surface area contributed by atoms with Crippen LogP contribution < -0.4 is 10.6 Å². The van der Waals surface area contributed by atoms with Crippen molar-refractivity contribution < 1.29 is 19.1 Å². The number of benzene rings is 2. The zero-order valence-corrected chi connectivity index (χ0v) is 17.8. The number of hydrogen-bond acceptors (Lipinski definition) is 4. The Morgan fingerprint density at radius 1 is 1.03 bits per heavy atom. The average Bonchev–Trinajstić information content (AvgIpc) is 2.66. The molecular formula is C21H22Cl2N2O4. The Hall–Kier alpha value is -2.57. The third-order valence-corrected chi connectivity index (χ3v) is 4.71. The van der Waals surface area contributed by atoms with Crippen molar-refractivity contribution in [3.63, 3.8) is 0 Å². The second-order valence-electron chi connectivity index (χ2n) is 6.81. The van der Waals surface area contributed by atoms with Gasteiger partial charge in [-0.15, -0.1) is 0 Å². The van der Waals surface area contributed by atoms with Gasteiger partial charge in [-0.1, -0.05) is 55.2 Å². The van der Waals surface area contributed by atoms with E-state index < -0.39 is 30.4 Å². The van der Waals surface area contributed by atoms with Crippen LogP contribution in [0.4, 0.5) is 5.69 Å². The molecule has 29 heavy (non-hydrogen) atoms. The van der Waals surface area contributed by atoms with Crippen LogP contribution in [0, 0.1) is 12.8 Å². The topological polar surface area (TPSA) is 84.5 Å². The molecule has 154 valence electrons. The highest BCUT2D eigenvalue weighted by atomic mass is 35.5. The summed E-state index contributed by atoms with van der Waals surface area (Å²) in [6.45, 7) is 4.88. The largest absolute Gasteiger partial charge is 0.454 e. The van der Waals surface area contributed by atoms with E-state index in [1.165, 1.54) is 0 Å². The van der Waals surface area contributed by atoms with E-state index in [0.717, 1.165) is 5.56 Å². The summed E-state index contributed by atoms with van der Waals surface area (Å²) < 4.78 is 5.09. The lowest BCUT2D eigenvalue weighted by Gasteiger charge is -2.21. The fraction of sp³-hybridized carbons (Fsp3) is 0.286. The fourth-order valence-corrected chi connectivity index (χ4v) is 3.00. The second-order valence-corrected chi connectivity index (χ2v) is 7.63. The predicted molar refractivity (Wildman–Crippen MR) is 113 cm³/mol. The van der Waals surface area contributed by atoms with Crippen LogP contribution in [0.2, 0.25) is 10.0 Å². The first-order valence-corrected chi connectivity index (χ1v) is 9.72. The molecule has 1 atom stereocenters. The van der Waals surface area contributed by atoms with Gasteiger partial charge in [0.15, 0.2) is 6.61 Å². The van der Waals surface area contributed by atoms with E-state index >= 15 is 0 Å². The summed E-state index contributed by atoms with van der Waals surface area (Å²) in [6.07, 6.45) is 0. The van der Waals surface area contributed by atoms with Gasteiger partial charge < -0.3 is 15.4 Å². The van der Waals surface area contributed by atoms with Crippen molar-refractivity contribution in [1.82, 2.24) is 5.32 Å². The molecule has 0 aliphatic carbocycles. The highest BCUT2D eigenvalue weighted by Gasteiger charge is 2.27. The summed E-state index contributed by atoms with van der Waals surface area (Å²) in [5, 5.41) is 5.85. The highest BCUT2D eigenvalue weighted by molar-refractivity contribution is 6.34. The summed E-state index contributed by atoms with van der Waals surface area (Å²) in [7, 11) is 0. The van der Waals surface area contributed by atoms with Crippen molar-refractivity contribution in [2.24, 2.45) is 5.92 Å². The molecule has 8 heteroatoms. The smallest absolute Gasteiger partial charge is 0.329 e. The van der Waals surface area contributed by atoms with Gasteiger partial charge in [-0.2, -0.15) is 0 Å². The summed E-state index contributed by atoms with van der Waals surface area (Å²) in [6, 6.07) is 10.7. The molecule has 0 spiro atoms. The summed E-state index contributed by atoms with van der Waals surface area (Å²) in [5.74, 6) is -2.01. The highest BCUT2D eigenvalue weighted by Crippen LogP contribution is 2.22. The summed E-state index contributed by atoms with van der Waals surface area (Å²) in [4.78, 5) is 36.9. The number of rotatable bonds is 7. The monoisotopic (exact) mass is 436 g/mol. The molecule has 2 amide bonds. The quantitative estimate of drug-likeness (QED) is 0.635. The molecule has 0 unspecified atom stereocenters. The third-order valence-electron chi connectivity index (χ3n) is 4.07. The van der Waals surface area contributed by atoms with Crippen LogP contribution >= 0.6 is 23.2 Å². The van der Waals surface area contributed by atoms with Gasteiger partial charge in [0.1, 0.15) is 6.04 Å². The number of ether oxygens (including phenoxy) is 1. The van der Waals surface area contributed by atoms with E-state index in [-0.39, 0.29) is 16.5 Å². The number of nitrogens with one attached hydrogen (secondary N) is 2. The van der Waals surface area contributed by atoms with Crippen LogP contribution in [-0.2, 0) is 14.3 Å². The van der Waals surface area contributed by atoms with Crippen molar-refractivity contribution in [3.05, 3.63) is 63.6 Å². The van der Waals surface area contributed by atoms with Gasteiger partial charge >= 0.3 is 5.97 Å². The number of amides is 2. The maximum atomic E-state index is 12.4. The van der Waals surface area contributed by atoms with Crippen molar-refractivity contribution in [2.75, 3.05) is 11.9 Å². The molecule has 0 aromatic heterocycles. The number of aryl methyl sites for hydroxylation is 1. The van der Waals surface area contributed by atoms with Crippen molar-refractivity contribution in [2.45, 2.75) is 26.8 Å². The molecule has 2 N–H and O–H groups in total. The molecule has 0 bridgehead atoms. The van der Waals surface area contributed by atoms with E-state index in [4.69, 9.17) is 27.9 Å². The van der Waals surface area contributed by atoms with Gasteiger partial charge in [-0.3, -0.25) is 9.59 Å². The molecule has 0 saturated heterocycles. The van der Waals surface area contributed by atoms with Crippen LogP contribution in [-0.4, -0.2) is 30.4 Å². The Morgan fingerprint density at radius 3 is 2.34 bits per heavy atom. The Balaban J connectivity index is 1.96. The Bertz CT molecular complexity index is 915. The number of anilines is 1. The standard InChI is InChI=1S/C21H22Cl2N2O4/c1-12(2)19(25-20(27)14-6-4-5-7-15(14)22)21(28)29-11-18(26)24-17-9-8-13(3)10-16(17)23/h4-10,12,19H,11H2,1-3H3,(H,24,26)(H,25,27)/t19-/m0/s1. The molecule has 2 aromatic carbocycles. The lowest BCUT2D eigenvalue weighted by molar-refractivity contribution is -0.150. The number of hydrogen-bond donors (Lipinski definition) is 2. The van der Waals surface area contributed by atoms with Crippen LogP contribution in [0.5, 0.6) is 0 Å². The lowest BCUT2D eigenvalue weighted by atomic mass is 10.0. The number of carbonyl (C=O) groups excluding carboxylic acids is 3. The number of esters is 1. The van der Waals surface area contributed by atoms with Gasteiger partial charge in [-0.25, -0.2) is 4.79 Å². The summed E-state index contributed by atoms with van der Waals surface area (Å²) >= 11 is 12.1. The van der Waals surface area contributed by atoms with Crippen molar-refractivity contribution >= 4 is 46.7 Å². The summed E-state index contributed by atoms with van der Waals surface area (Å²) in [5.41, 5.74) is 1.62. The SMILES string of the molecule is Cc1ccc(NC(=O)COC(=O)[C@@H](NC(=O)c2ccccc2Cl)C(C)C)c(Cl)c1. The van der Waals surface area contributed by atoms with Gasteiger partial charge in [0.05, 0.1) is 21.3 Å². The molecule has 0 aliphatic heterocycles. The van der Waals surface area contributed by atoms with Gasteiger partial charge in [0.2, 0.25) is 0 Å². The van der Waals surface area contributed by atoms with Crippen molar-refractivity contribution in [3.8, 4) is 0 Å². The minimum absolute atomic E-state index is 0.249. The normalized spacial score (nSPS) is 11.7. The molecule has 0 radical (unpaired) electrons. The zero-order chi connectivity index (χ0) is 21.6. The van der Waals surface area contributed by atoms with E-state index in [1.807, 2.05) is 6.92 Å². The number of halogens is 2. The first kappa shape index (κ1) is 22.7. The molecule has 0 aliphatic rings. The van der Waals surface area contributed by atoms with Crippen LogP contribution in [0.3, 0.4) is 0 Å². The van der Waals surface area contributed by atoms with Gasteiger partial charge in [-0.05, 0) is 42.7 Å². The second kappa shape index (κ2) is 10.3. The van der Waals surface area contributed by atoms with Crippen molar-refractivity contribution in [1.29, 1.82) is 0 Å². The lowest BCUT2D eigenvalue weighted by Crippen LogP contribution is -2.46. The Kier molecular flexibility index (Phi) is 8.05. The molecule has 2 rings (SSSR count). The van der Waals surface area contributed by atoms with Gasteiger partial charge in [0, 0.05) is 0 Å². The van der Waals surface area contributed by atoms with Crippen LogP contribution in [0.15, 0.2) is 42.5 Å². The van der Waals surface area contributed by atoms with E-state index in [9.17, 15) is 14.4 Å². The third kappa shape index (κ3) is 6.48. The molecule has 0 fully saturated rings. The Labute approximate surface area is 179 Å². The molecule has 0 heterocycles.